The van der Waals surface area contributed by atoms with Gasteiger partial charge in [0.1, 0.15) is 5.82 Å². The lowest BCUT2D eigenvalue weighted by Gasteiger charge is -2.02. The van der Waals surface area contributed by atoms with E-state index in [9.17, 15) is 4.79 Å². The van der Waals surface area contributed by atoms with E-state index in [-0.39, 0.29) is 5.91 Å². The maximum Gasteiger partial charge on any atom is 0.251 e. The molecular weight excluding hydrogens is 166 g/mol. The summed E-state index contributed by atoms with van der Waals surface area (Å²) < 4.78 is 0. The predicted octanol–water partition coefficient (Wildman–Crippen LogP) is 0.556. The molecule has 0 aliphatic heterocycles. The molecular formula is C9H11N3O. The molecule has 2 rings (SSSR count). The average molecular weight is 177 g/mol. The number of pyridine rings is 1. The number of nitrogens with one attached hydrogen (secondary N) is 1. The Morgan fingerprint density at radius 2 is 2.38 bits per heavy atom. The summed E-state index contributed by atoms with van der Waals surface area (Å²) in [6, 6.07) is 3.62. The van der Waals surface area contributed by atoms with Crippen LogP contribution in [0.15, 0.2) is 18.3 Å². The highest BCUT2D eigenvalue weighted by atomic mass is 16.1. The van der Waals surface area contributed by atoms with E-state index in [2.05, 4.69) is 10.3 Å². The number of amides is 1. The van der Waals surface area contributed by atoms with E-state index >= 15 is 0 Å². The van der Waals surface area contributed by atoms with Crippen LogP contribution in [0.4, 0.5) is 5.82 Å². The molecule has 1 aliphatic rings. The van der Waals surface area contributed by atoms with Crippen LogP contribution >= 0.6 is 0 Å². The summed E-state index contributed by atoms with van der Waals surface area (Å²) in [4.78, 5) is 15.3. The van der Waals surface area contributed by atoms with Crippen LogP contribution in [0.1, 0.15) is 23.2 Å². The minimum absolute atomic E-state index is 0.0587. The molecule has 0 aromatic carbocycles. The largest absolute Gasteiger partial charge is 0.384 e. The fraction of sp³-hybridized carbons (Fsp3) is 0.333. The molecule has 0 radical (unpaired) electrons. The maximum atomic E-state index is 11.5. The predicted molar refractivity (Wildman–Crippen MR) is 49.1 cm³/mol. The molecule has 1 aromatic rings. The highest BCUT2D eigenvalue weighted by Crippen LogP contribution is 2.19. The van der Waals surface area contributed by atoms with Gasteiger partial charge in [-0.05, 0) is 25.0 Å². The Morgan fingerprint density at radius 1 is 1.62 bits per heavy atom. The standard InChI is InChI=1S/C9H11N3O/c10-8-5-6(3-4-11-8)9(13)12-7-1-2-7/h3-5,7H,1-2H2,(H2,10,11)(H,12,13). The fourth-order valence-corrected chi connectivity index (χ4v) is 1.09. The second kappa shape index (κ2) is 3.05. The number of hydrogen-bond acceptors (Lipinski definition) is 3. The van der Waals surface area contributed by atoms with E-state index in [1.165, 1.54) is 6.20 Å². The number of carbonyl (C=O) groups excluding carboxylic acids is 1. The number of aromatic nitrogens is 1. The highest BCUT2D eigenvalue weighted by Gasteiger charge is 2.23. The summed E-state index contributed by atoms with van der Waals surface area (Å²) in [5.74, 6) is 0.319. The van der Waals surface area contributed by atoms with Crippen LogP contribution in [0.5, 0.6) is 0 Å². The van der Waals surface area contributed by atoms with Gasteiger partial charge in [0.25, 0.3) is 5.91 Å². The first-order valence-electron chi connectivity index (χ1n) is 4.28. The third kappa shape index (κ3) is 1.96. The Morgan fingerprint density at radius 3 is 3.00 bits per heavy atom. The van der Waals surface area contributed by atoms with Crippen LogP contribution in [0.3, 0.4) is 0 Å². The zero-order valence-corrected chi connectivity index (χ0v) is 7.16. The van der Waals surface area contributed by atoms with Crippen molar-refractivity contribution in [3.05, 3.63) is 23.9 Å². The van der Waals surface area contributed by atoms with Crippen molar-refractivity contribution < 1.29 is 4.79 Å². The van der Waals surface area contributed by atoms with Crippen LogP contribution in [-0.2, 0) is 0 Å². The van der Waals surface area contributed by atoms with Crippen LogP contribution in [0.2, 0.25) is 0 Å². The Hall–Kier alpha value is -1.58. The van der Waals surface area contributed by atoms with Gasteiger partial charge in [-0.25, -0.2) is 4.98 Å². The molecule has 4 heteroatoms. The van der Waals surface area contributed by atoms with Crippen molar-refractivity contribution in [2.75, 3.05) is 5.73 Å². The van der Waals surface area contributed by atoms with E-state index in [0.29, 0.717) is 17.4 Å². The first-order valence-corrected chi connectivity index (χ1v) is 4.28. The third-order valence-corrected chi connectivity index (χ3v) is 1.96. The molecule has 1 saturated carbocycles. The van der Waals surface area contributed by atoms with Crippen molar-refractivity contribution in [2.45, 2.75) is 18.9 Å². The summed E-state index contributed by atoms with van der Waals surface area (Å²) in [5.41, 5.74) is 6.03. The molecule has 1 aromatic heterocycles. The lowest BCUT2D eigenvalue weighted by Crippen LogP contribution is -2.25. The van der Waals surface area contributed by atoms with Crippen molar-refractivity contribution in [1.82, 2.24) is 10.3 Å². The molecule has 4 nitrogen and oxygen atoms in total. The summed E-state index contributed by atoms with van der Waals surface area (Å²) in [5, 5.41) is 2.88. The van der Waals surface area contributed by atoms with Crippen LogP contribution in [0.25, 0.3) is 0 Å². The fourth-order valence-electron chi connectivity index (χ4n) is 1.09. The van der Waals surface area contributed by atoms with Crippen LogP contribution in [0, 0.1) is 0 Å². The SMILES string of the molecule is Nc1cc(C(=O)NC2CC2)ccn1. The number of nitrogens with two attached hydrogens (primary N) is 1. The van der Waals surface area contributed by atoms with Crippen molar-refractivity contribution in [1.29, 1.82) is 0 Å². The molecule has 3 N–H and O–H groups in total. The Balaban J connectivity index is 2.09. The number of hydrogen-bond donors (Lipinski definition) is 2. The molecule has 0 saturated heterocycles. The molecule has 1 amide bonds. The molecule has 1 fully saturated rings. The van der Waals surface area contributed by atoms with Gasteiger partial charge in [0.15, 0.2) is 0 Å². The normalized spacial score (nSPS) is 15.4. The Bertz CT molecular complexity index is 333. The Kier molecular flexibility index (Phi) is 1.88. The van der Waals surface area contributed by atoms with Gasteiger partial charge in [0.2, 0.25) is 0 Å². The van der Waals surface area contributed by atoms with E-state index in [4.69, 9.17) is 5.73 Å². The second-order valence-electron chi connectivity index (χ2n) is 3.22. The number of anilines is 1. The minimum Gasteiger partial charge on any atom is -0.384 e. The molecule has 1 aliphatic carbocycles. The summed E-state index contributed by atoms with van der Waals surface area (Å²) in [6.45, 7) is 0. The molecule has 0 bridgehead atoms. The summed E-state index contributed by atoms with van der Waals surface area (Å²) >= 11 is 0. The van der Waals surface area contributed by atoms with E-state index in [1.807, 2.05) is 0 Å². The number of nitrogen functional groups attached to an aromatic ring is 1. The lowest BCUT2D eigenvalue weighted by molar-refractivity contribution is 0.0951. The van der Waals surface area contributed by atoms with Gasteiger partial charge >= 0.3 is 0 Å². The van der Waals surface area contributed by atoms with E-state index in [0.717, 1.165) is 12.8 Å². The molecule has 13 heavy (non-hydrogen) atoms. The monoisotopic (exact) mass is 177 g/mol. The van der Waals surface area contributed by atoms with Crippen molar-refractivity contribution in [2.24, 2.45) is 0 Å². The van der Waals surface area contributed by atoms with Crippen molar-refractivity contribution in [3.63, 3.8) is 0 Å². The summed E-state index contributed by atoms with van der Waals surface area (Å²) in [7, 11) is 0. The van der Waals surface area contributed by atoms with Crippen molar-refractivity contribution in [3.8, 4) is 0 Å². The molecule has 68 valence electrons. The number of carbonyl (C=O) groups is 1. The first kappa shape index (κ1) is 8.04. The van der Waals surface area contributed by atoms with Crippen molar-refractivity contribution >= 4 is 11.7 Å². The van der Waals surface area contributed by atoms with Crippen LogP contribution in [-0.4, -0.2) is 16.9 Å². The number of nitrogens with zero attached hydrogens (tertiary/aromatic N) is 1. The van der Waals surface area contributed by atoms with Gasteiger partial charge in [-0.3, -0.25) is 4.79 Å². The van der Waals surface area contributed by atoms with Gasteiger partial charge in [-0.2, -0.15) is 0 Å². The molecule has 1 heterocycles. The zero-order chi connectivity index (χ0) is 9.26. The zero-order valence-electron chi connectivity index (χ0n) is 7.16. The van der Waals surface area contributed by atoms with E-state index in [1.54, 1.807) is 12.1 Å². The number of rotatable bonds is 2. The second-order valence-corrected chi connectivity index (χ2v) is 3.22. The quantitative estimate of drug-likeness (QED) is 0.693. The van der Waals surface area contributed by atoms with Gasteiger partial charge < -0.3 is 11.1 Å². The Labute approximate surface area is 76.2 Å². The first-order chi connectivity index (χ1) is 6.25. The maximum absolute atomic E-state index is 11.5. The molecule has 0 unspecified atom stereocenters. The molecule has 0 atom stereocenters. The molecule has 0 spiro atoms. The van der Waals surface area contributed by atoms with Crippen LogP contribution < -0.4 is 11.1 Å². The lowest BCUT2D eigenvalue weighted by atomic mass is 10.2. The van der Waals surface area contributed by atoms with Gasteiger partial charge in [-0.15, -0.1) is 0 Å². The van der Waals surface area contributed by atoms with Gasteiger partial charge in [0, 0.05) is 17.8 Å². The van der Waals surface area contributed by atoms with Gasteiger partial charge in [-0.1, -0.05) is 0 Å². The topological polar surface area (TPSA) is 68.0 Å². The van der Waals surface area contributed by atoms with E-state index < -0.39 is 0 Å². The third-order valence-electron chi connectivity index (χ3n) is 1.96. The highest BCUT2D eigenvalue weighted by molar-refractivity contribution is 5.95. The average Bonchev–Trinajstić information content (AvgIpc) is 2.88. The minimum atomic E-state index is -0.0587. The summed E-state index contributed by atoms with van der Waals surface area (Å²) in [6.07, 6.45) is 3.72. The smallest absolute Gasteiger partial charge is 0.251 e. The van der Waals surface area contributed by atoms with Gasteiger partial charge in [0.05, 0.1) is 0 Å².